The Hall–Kier alpha value is -4.20. The van der Waals surface area contributed by atoms with E-state index in [1.807, 2.05) is 61.0 Å². The number of phenolic OH excluding ortho intramolecular Hbond substituents is 1. The highest BCUT2D eigenvalue weighted by molar-refractivity contribution is 5.94. The monoisotopic (exact) mass is 512 g/mol. The number of hydrazone groups is 1. The molecule has 2 aromatic heterocycles. The molecule has 0 fully saturated rings. The molecular formula is C30H36N6O2. The zero-order valence-corrected chi connectivity index (χ0v) is 23.3. The van der Waals surface area contributed by atoms with Crippen molar-refractivity contribution in [2.75, 3.05) is 0 Å². The third-order valence-corrected chi connectivity index (χ3v) is 6.50. The van der Waals surface area contributed by atoms with Crippen molar-refractivity contribution in [2.45, 2.75) is 66.2 Å². The van der Waals surface area contributed by atoms with Crippen molar-refractivity contribution in [3.8, 4) is 22.7 Å². The summed E-state index contributed by atoms with van der Waals surface area (Å²) in [5.74, 6) is -0.103. The lowest BCUT2D eigenvalue weighted by molar-refractivity contribution is 0.0950. The number of hydrogen-bond acceptors (Lipinski definition) is 5. The Morgan fingerprint density at radius 1 is 1.00 bits per heavy atom. The minimum Gasteiger partial charge on any atom is -0.507 e. The second-order valence-electron chi connectivity index (χ2n) is 11.6. The first-order chi connectivity index (χ1) is 17.8. The highest BCUT2D eigenvalue weighted by Crippen LogP contribution is 2.39. The van der Waals surface area contributed by atoms with E-state index in [1.54, 1.807) is 12.3 Å². The molecule has 2 heterocycles. The van der Waals surface area contributed by atoms with Crippen molar-refractivity contribution < 1.29 is 9.90 Å². The molecule has 0 aliphatic carbocycles. The van der Waals surface area contributed by atoms with Crippen LogP contribution in [0.15, 0.2) is 53.6 Å². The van der Waals surface area contributed by atoms with E-state index in [4.69, 9.17) is 0 Å². The smallest absolute Gasteiger partial charge is 0.289 e. The SMILES string of the molecule is Cc1nn(-c2ccccc2)c(C)c1-c1cc(C(=O)N/N=C/c2cc(C(C)(C)C)c(O)c(C(C)(C)C)c2)[nH]n1. The maximum Gasteiger partial charge on any atom is 0.289 e. The molecule has 8 nitrogen and oxygen atoms in total. The molecule has 8 heteroatoms. The number of aromatic hydroxyl groups is 1. The Bertz CT molecular complexity index is 1460. The van der Waals surface area contributed by atoms with Crippen LogP contribution in [0.1, 0.15) is 80.1 Å². The van der Waals surface area contributed by atoms with Gasteiger partial charge in [-0.1, -0.05) is 59.7 Å². The summed E-state index contributed by atoms with van der Waals surface area (Å²) in [4.78, 5) is 12.8. The van der Waals surface area contributed by atoms with Gasteiger partial charge in [0.05, 0.1) is 29.0 Å². The number of benzene rings is 2. The third kappa shape index (κ3) is 5.39. The molecule has 3 N–H and O–H groups in total. The maximum absolute atomic E-state index is 12.8. The summed E-state index contributed by atoms with van der Waals surface area (Å²) in [5.41, 5.74) is 9.04. The second kappa shape index (κ2) is 9.93. The zero-order chi connectivity index (χ0) is 27.8. The fourth-order valence-corrected chi connectivity index (χ4v) is 4.50. The third-order valence-electron chi connectivity index (χ3n) is 6.50. The fraction of sp³-hybridized carbons (Fsp3) is 0.333. The first kappa shape index (κ1) is 26.9. The van der Waals surface area contributed by atoms with Crippen LogP contribution in [0.5, 0.6) is 5.75 Å². The van der Waals surface area contributed by atoms with Gasteiger partial charge in [-0.15, -0.1) is 0 Å². The largest absolute Gasteiger partial charge is 0.507 e. The van der Waals surface area contributed by atoms with E-state index in [-0.39, 0.29) is 10.8 Å². The van der Waals surface area contributed by atoms with Crippen LogP contribution in [0.3, 0.4) is 0 Å². The average Bonchev–Trinajstić information content (AvgIpc) is 3.43. The van der Waals surface area contributed by atoms with Crippen LogP contribution in [0.25, 0.3) is 16.9 Å². The van der Waals surface area contributed by atoms with Gasteiger partial charge in [0, 0.05) is 16.7 Å². The Kier molecular flexibility index (Phi) is 7.02. The summed E-state index contributed by atoms with van der Waals surface area (Å²) in [7, 11) is 0. The predicted molar refractivity (Wildman–Crippen MR) is 151 cm³/mol. The van der Waals surface area contributed by atoms with Gasteiger partial charge in [0.2, 0.25) is 0 Å². The van der Waals surface area contributed by atoms with E-state index in [9.17, 15) is 9.90 Å². The molecule has 0 radical (unpaired) electrons. The van der Waals surface area contributed by atoms with Crippen LogP contribution >= 0.6 is 0 Å². The van der Waals surface area contributed by atoms with E-state index in [2.05, 4.69) is 67.4 Å². The number of H-pyrrole nitrogens is 1. The molecule has 0 unspecified atom stereocenters. The number of nitrogens with one attached hydrogen (secondary N) is 2. The summed E-state index contributed by atoms with van der Waals surface area (Å²) < 4.78 is 1.87. The molecule has 38 heavy (non-hydrogen) atoms. The van der Waals surface area contributed by atoms with Gasteiger partial charge in [0.1, 0.15) is 11.4 Å². The first-order valence-electron chi connectivity index (χ1n) is 12.7. The molecule has 1 amide bonds. The van der Waals surface area contributed by atoms with Crippen LogP contribution in [0.2, 0.25) is 0 Å². The topological polar surface area (TPSA) is 108 Å². The van der Waals surface area contributed by atoms with Crippen molar-refractivity contribution in [3.63, 3.8) is 0 Å². The van der Waals surface area contributed by atoms with Gasteiger partial charge in [-0.05, 0) is 60.6 Å². The molecule has 0 saturated heterocycles. The van der Waals surface area contributed by atoms with Crippen molar-refractivity contribution in [1.29, 1.82) is 0 Å². The van der Waals surface area contributed by atoms with Crippen molar-refractivity contribution in [1.82, 2.24) is 25.4 Å². The van der Waals surface area contributed by atoms with Crippen LogP contribution in [-0.2, 0) is 10.8 Å². The quantitative estimate of drug-likeness (QED) is 0.227. The number of carbonyl (C=O) groups is 1. The van der Waals surface area contributed by atoms with Crippen molar-refractivity contribution in [2.24, 2.45) is 5.10 Å². The molecule has 2 aromatic carbocycles. The molecule has 4 rings (SSSR count). The summed E-state index contributed by atoms with van der Waals surface area (Å²) in [6, 6.07) is 15.4. The van der Waals surface area contributed by atoms with E-state index >= 15 is 0 Å². The lowest BCUT2D eigenvalue weighted by Gasteiger charge is -2.27. The average molecular weight is 513 g/mol. The van der Waals surface area contributed by atoms with Crippen molar-refractivity contribution in [3.05, 3.63) is 82.3 Å². The number of aromatic nitrogens is 4. The molecule has 0 spiro atoms. The summed E-state index contributed by atoms with van der Waals surface area (Å²) >= 11 is 0. The normalized spacial score (nSPS) is 12.3. The first-order valence-corrected chi connectivity index (χ1v) is 12.7. The Morgan fingerprint density at radius 2 is 1.61 bits per heavy atom. The number of aryl methyl sites for hydroxylation is 1. The van der Waals surface area contributed by atoms with Gasteiger partial charge in [0.15, 0.2) is 0 Å². The number of nitrogens with zero attached hydrogens (tertiary/aromatic N) is 4. The standard InChI is InChI=1S/C30H36N6O2/c1-18-26(19(2)36(35-18)21-12-10-9-11-13-21)24-16-25(33-32-24)28(38)34-31-17-20-14-22(29(3,4)5)27(37)23(15-20)30(6,7)8/h9-17,37H,1-8H3,(H,32,33)(H,34,38)/b31-17+. The number of rotatable bonds is 5. The minimum atomic E-state index is -0.406. The predicted octanol–water partition coefficient (Wildman–Crippen LogP) is 5.94. The van der Waals surface area contributed by atoms with Crippen LogP contribution < -0.4 is 5.43 Å². The molecule has 0 saturated carbocycles. The van der Waals surface area contributed by atoms with Gasteiger partial charge in [-0.2, -0.15) is 15.3 Å². The van der Waals surface area contributed by atoms with Crippen LogP contribution in [0.4, 0.5) is 0 Å². The van der Waals surface area contributed by atoms with Crippen molar-refractivity contribution >= 4 is 12.1 Å². The van der Waals surface area contributed by atoms with Crippen LogP contribution in [0, 0.1) is 13.8 Å². The van der Waals surface area contributed by atoms with Gasteiger partial charge >= 0.3 is 0 Å². The highest BCUT2D eigenvalue weighted by Gasteiger charge is 2.26. The maximum atomic E-state index is 12.8. The van der Waals surface area contributed by atoms with E-state index in [0.717, 1.165) is 39.3 Å². The molecule has 0 atom stereocenters. The Balaban J connectivity index is 1.55. The highest BCUT2D eigenvalue weighted by atomic mass is 16.3. The molecule has 4 aromatic rings. The summed E-state index contributed by atoms with van der Waals surface area (Å²) in [6.45, 7) is 16.2. The number of aromatic amines is 1. The molecule has 0 bridgehead atoms. The second-order valence-corrected chi connectivity index (χ2v) is 11.6. The number of para-hydroxylation sites is 1. The minimum absolute atomic E-state index is 0.256. The lowest BCUT2D eigenvalue weighted by Crippen LogP contribution is -2.19. The molecular weight excluding hydrogens is 476 g/mol. The van der Waals surface area contributed by atoms with Gasteiger partial charge in [0.25, 0.3) is 5.91 Å². The molecule has 0 aliphatic heterocycles. The zero-order valence-electron chi connectivity index (χ0n) is 23.3. The van der Waals surface area contributed by atoms with E-state index in [0.29, 0.717) is 17.1 Å². The number of hydrogen-bond donors (Lipinski definition) is 3. The Morgan fingerprint density at radius 3 is 2.18 bits per heavy atom. The molecule has 0 aliphatic rings. The van der Waals surface area contributed by atoms with Crippen LogP contribution in [-0.4, -0.2) is 37.2 Å². The summed E-state index contributed by atoms with van der Waals surface area (Å²) in [5, 5.41) is 27.0. The number of carbonyl (C=O) groups excluding carboxylic acids is 1. The van der Waals surface area contributed by atoms with Gasteiger partial charge < -0.3 is 5.11 Å². The lowest BCUT2D eigenvalue weighted by atomic mass is 9.78. The van der Waals surface area contributed by atoms with Gasteiger partial charge in [-0.25, -0.2) is 10.1 Å². The number of amides is 1. The number of phenols is 1. The molecule has 198 valence electrons. The van der Waals surface area contributed by atoms with Gasteiger partial charge in [-0.3, -0.25) is 9.89 Å². The summed E-state index contributed by atoms with van der Waals surface area (Å²) in [6.07, 6.45) is 1.59. The van der Waals surface area contributed by atoms with E-state index < -0.39 is 5.91 Å². The van der Waals surface area contributed by atoms with E-state index in [1.165, 1.54) is 0 Å². The Labute approximate surface area is 223 Å². The fourth-order valence-electron chi connectivity index (χ4n) is 4.50.